The number of carboxylic acid groups (broad SMARTS) is 1. The number of rotatable bonds is 5. The number of unbranched alkanes of at least 4 members (excludes halogenated alkanes) is 1. The lowest BCUT2D eigenvalue weighted by atomic mass is 10.2. The number of alkyl halides is 1. The minimum atomic E-state index is -0.938. The molecular weight excluding hydrogens is 164 g/mol. The maximum absolute atomic E-state index is 10.0. The molecule has 1 unspecified atom stereocenters. The molecule has 0 saturated carbocycles. The van der Waals surface area contributed by atoms with Crippen LogP contribution >= 0.6 is 11.6 Å². The number of carbonyl (C=O) groups is 1. The highest BCUT2D eigenvalue weighted by Gasteiger charge is 1.98. The van der Waals surface area contributed by atoms with Gasteiger partial charge in [-0.05, 0) is 6.42 Å². The quantitative estimate of drug-likeness (QED) is 0.516. The van der Waals surface area contributed by atoms with Gasteiger partial charge in [0.1, 0.15) is 0 Å². The number of carboxylic acids is 1. The van der Waals surface area contributed by atoms with Gasteiger partial charge >= 0.3 is 5.97 Å². The number of allylic oxidation sites excluding steroid dienone is 1. The lowest BCUT2D eigenvalue weighted by Crippen LogP contribution is -1.95. The first kappa shape index (κ1) is 10.5. The van der Waals surface area contributed by atoms with E-state index in [1.54, 1.807) is 0 Å². The zero-order valence-corrected chi connectivity index (χ0v) is 7.34. The zero-order chi connectivity index (χ0) is 8.69. The average Bonchev–Trinajstić information content (AvgIpc) is 1.97. The van der Waals surface area contributed by atoms with Crippen molar-refractivity contribution in [2.24, 2.45) is 0 Å². The average molecular weight is 177 g/mol. The second-order valence-electron chi connectivity index (χ2n) is 2.36. The first-order valence-electron chi connectivity index (χ1n) is 3.72. The van der Waals surface area contributed by atoms with Gasteiger partial charge in [-0.3, -0.25) is 0 Å². The Bertz CT molecular complexity index is 143. The highest BCUT2D eigenvalue weighted by Crippen LogP contribution is 2.08. The molecule has 1 N–H and O–H groups in total. The van der Waals surface area contributed by atoms with Crippen LogP contribution in [0.15, 0.2) is 12.2 Å². The molecule has 0 aromatic rings. The van der Waals surface area contributed by atoms with Crippen LogP contribution in [0.2, 0.25) is 0 Å². The third kappa shape index (κ3) is 7.40. The summed E-state index contributed by atoms with van der Waals surface area (Å²) in [4.78, 5) is 10.0. The van der Waals surface area contributed by atoms with Crippen LogP contribution in [0.4, 0.5) is 0 Å². The Morgan fingerprint density at radius 1 is 1.73 bits per heavy atom. The Labute approximate surface area is 71.9 Å². The summed E-state index contributed by atoms with van der Waals surface area (Å²) in [6, 6.07) is 0. The van der Waals surface area contributed by atoms with Gasteiger partial charge in [-0.2, -0.15) is 0 Å². The highest BCUT2D eigenvalue weighted by atomic mass is 35.5. The van der Waals surface area contributed by atoms with Crippen LogP contribution in [0.5, 0.6) is 0 Å². The van der Waals surface area contributed by atoms with Crippen LogP contribution in [0.3, 0.4) is 0 Å². The summed E-state index contributed by atoms with van der Waals surface area (Å²) in [6.07, 6.45) is 5.58. The first-order valence-corrected chi connectivity index (χ1v) is 4.15. The molecule has 0 aromatic heterocycles. The maximum Gasteiger partial charge on any atom is 0.328 e. The van der Waals surface area contributed by atoms with Gasteiger partial charge in [-0.15, -0.1) is 11.6 Å². The van der Waals surface area contributed by atoms with E-state index < -0.39 is 5.97 Å². The fourth-order valence-electron chi connectivity index (χ4n) is 0.682. The molecule has 2 nitrogen and oxygen atoms in total. The molecular formula is C8H13ClO2. The molecule has 0 fully saturated rings. The first-order chi connectivity index (χ1) is 5.16. The summed E-state index contributed by atoms with van der Waals surface area (Å²) in [5.41, 5.74) is 0. The summed E-state index contributed by atoms with van der Waals surface area (Å²) >= 11 is 5.75. The summed E-state index contributed by atoms with van der Waals surface area (Å²) in [5.74, 6) is -0.938. The third-order valence-corrected chi connectivity index (χ3v) is 1.64. The minimum Gasteiger partial charge on any atom is -0.478 e. The van der Waals surface area contributed by atoms with Crippen molar-refractivity contribution < 1.29 is 9.90 Å². The molecule has 64 valence electrons. The molecule has 0 aliphatic heterocycles. The van der Waals surface area contributed by atoms with Gasteiger partial charge in [-0.1, -0.05) is 25.8 Å². The Balaban J connectivity index is 3.50. The minimum absolute atomic E-state index is 0.133. The lowest BCUT2D eigenvalue weighted by Gasteiger charge is -1.99. The van der Waals surface area contributed by atoms with Crippen molar-refractivity contribution >= 4 is 17.6 Å². The summed E-state index contributed by atoms with van der Waals surface area (Å²) in [5, 5.41) is 8.11. The van der Waals surface area contributed by atoms with Crippen molar-refractivity contribution in [1.82, 2.24) is 0 Å². The summed E-state index contributed by atoms with van der Waals surface area (Å²) in [7, 11) is 0. The van der Waals surface area contributed by atoms with Crippen LogP contribution in [0.1, 0.15) is 26.2 Å². The highest BCUT2D eigenvalue weighted by molar-refractivity contribution is 6.21. The van der Waals surface area contributed by atoms with Crippen LogP contribution in [-0.4, -0.2) is 16.5 Å². The van der Waals surface area contributed by atoms with E-state index in [1.165, 1.54) is 6.08 Å². The molecule has 1 atom stereocenters. The van der Waals surface area contributed by atoms with Crippen molar-refractivity contribution in [3.63, 3.8) is 0 Å². The summed E-state index contributed by atoms with van der Waals surface area (Å²) in [6.45, 7) is 2.07. The molecule has 0 aliphatic carbocycles. The molecule has 0 spiro atoms. The number of aliphatic carboxylic acids is 1. The Morgan fingerprint density at radius 2 is 2.36 bits per heavy atom. The van der Waals surface area contributed by atoms with E-state index in [2.05, 4.69) is 6.92 Å². The number of hydrogen-bond donors (Lipinski definition) is 1. The van der Waals surface area contributed by atoms with E-state index in [-0.39, 0.29) is 5.38 Å². The van der Waals surface area contributed by atoms with Gasteiger partial charge in [0.05, 0.1) is 5.38 Å². The zero-order valence-electron chi connectivity index (χ0n) is 6.59. The number of hydrogen-bond acceptors (Lipinski definition) is 1. The van der Waals surface area contributed by atoms with E-state index in [9.17, 15) is 4.79 Å². The predicted molar refractivity (Wildman–Crippen MR) is 45.9 cm³/mol. The Morgan fingerprint density at radius 3 is 2.82 bits per heavy atom. The Kier molecular flexibility index (Phi) is 5.94. The van der Waals surface area contributed by atoms with Crippen LogP contribution in [0.25, 0.3) is 0 Å². The molecule has 0 bridgehead atoms. The number of halogens is 1. The second kappa shape index (κ2) is 6.23. The molecule has 0 heterocycles. The molecule has 11 heavy (non-hydrogen) atoms. The second-order valence-corrected chi connectivity index (χ2v) is 2.92. The fourth-order valence-corrected chi connectivity index (χ4v) is 0.909. The van der Waals surface area contributed by atoms with E-state index in [0.717, 1.165) is 25.3 Å². The molecule has 0 aromatic carbocycles. The largest absolute Gasteiger partial charge is 0.478 e. The topological polar surface area (TPSA) is 37.3 Å². The normalized spacial score (nSPS) is 13.6. The van der Waals surface area contributed by atoms with Crippen molar-refractivity contribution in [1.29, 1.82) is 0 Å². The van der Waals surface area contributed by atoms with Gasteiger partial charge in [0.15, 0.2) is 0 Å². The van der Waals surface area contributed by atoms with Crippen LogP contribution in [0, 0.1) is 0 Å². The van der Waals surface area contributed by atoms with Crippen molar-refractivity contribution in [3.8, 4) is 0 Å². The maximum atomic E-state index is 10.0. The van der Waals surface area contributed by atoms with Gasteiger partial charge in [0.2, 0.25) is 0 Å². The van der Waals surface area contributed by atoms with Crippen molar-refractivity contribution in [2.45, 2.75) is 31.6 Å². The van der Waals surface area contributed by atoms with Crippen LogP contribution in [-0.2, 0) is 4.79 Å². The third-order valence-electron chi connectivity index (χ3n) is 1.28. The van der Waals surface area contributed by atoms with Crippen molar-refractivity contribution in [2.75, 3.05) is 0 Å². The van der Waals surface area contributed by atoms with Crippen molar-refractivity contribution in [3.05, 3.63) is 12.2 Å². The van der Waals surface area contributed by atoms with Crippen LogP contribution < -0.4 is 0 Å². The van der Waals surface area contributed by atoms with Gasteiger partial charge in [0, 0.05) is 6.08 Å². The predicted octanol–water partition coefficient (Wildman–Crippen LogP) is 2.42. The van der Waals surface area contributed by atoms with Gasteiger partial charge in [-0.25, -0.2) is 4.79 Å². The molecule has 0 saturated heterocycles. The Hall–Kier alpha value is -0.500. The van der Waals surface area contributed by atoms with E-state index in [0.29, 0.717) is 0 Å². The van der Waals surface area contributed by atoms with Gasteiger partial charge in [0.25, 0.3) is 0 Å². The molecule has 0 rings (SSSR count). The standard InChI is InChI=1S/C8H13ClO2/c1-2-3-4-7(9)5-6-8(10)11/h5-7H,2-4H2,1H3,(H,10,11)/b6-5+. The molecule has 0 radical (unpaired) electrons. The SMILES string of the molecule is CCCCC(Cl)/C=C/C(=O)O. The monoisotopic (exact) mass is 176 g/mol. The summed E-state index contributed by atoms with van der Waals surface area (Å²) < 4.78 is 0. The van der Waals surface area contributed by atoms with E-state index in [4.69, 9.17) is 16.7 Å². The molecule has 0 aliphatic rings. The molecule has 3 heteroatoms. The lowest BCUT2D eigenvalue weighted by molar-refractivity contribution is -0.131. The van der Waals surface area contributed by atoms with E-state index >= 15 is 0 Å². The fraction of sp³-hybridized carbons (Fsp3) is 0.625. The van der Waals surface area contributed by atoms with Gasteiger partial charge < -0.3 is 5.11 Å². The smallest absolute Gasteiger partial charge is 0.328 e. The molecule has 0 amide bonds. The van der Waals surface area contributed by atoms with E-state index in [1.807, 2.05) is 0 Å².